The molecule has 1 aliphatic rings. The van der Waals surface area contributed by atoms with Crippen molar-refractivity contribution in [1.82, 2.24) is 4.90 Å². The van der Waals surface area contributed by atoms with Gasteiger partial charge in [0.25, 0.3) is 0 Å². The van der Waals surface area contributed by atoms with Gasteiger partial charge in [0.05, 0.1) is 0 Å². The Morgan fingerprint density at radius 1 is 0.783 bits per heavy atom. The molecule has 1 aromatic rings. The molecule has 2 nitrogen and oxygen atoms in total. The van der Waals surface area contributed by atoms with Gasteiger partial charge in [-0.25, -0.2) is 0 Å². The van der Waals surface area contributed by atoms with E-state index in [-0.39, 0.29) is 0 Å². The lowest BCUT2D eigenvalue weighted by molar-refractivity contribution is 0.252. The Balaban J connectivity index is 1.52. The third kappa shape index (κ3) is 7.26. The van der Waals surface area contributed by atoms with Crippen LogP contribution in [0.15, 0.2) is 28.7 Å². The van der Waals surface area contributed by atoms with Crippen molar-refractivity contribution in [1.29, 1.82) is 0 Å². The van der Waals surface area contributed by atoms with Gasteiger partial charge < -0.3 is 4.90 Å². The molecule has 23 heavy (non-hydrogen) atoms. The molecule has 0 aliphatic carbocycles. The molecular weight excluding hydrogens is 348 g/mol. The normalized spacial score (nSPS) is 16.0. The van der Waals surface area contributed by atoms with E-state index >= 15 is 0 Å². The first kappa shape index (κ1) is 18.8. The summed E-state index contributed by atoms with van der Waals surface area (Å²) in [6.45, 7) is 8.34. The molecule has 0 amide bonds. The highest BCUT2D eigenvalue weighted by Crippen LogP contribution is 2.20. The molecular formula is C20H33BrN2. The minimum absolute atomic E-state index is 1.16. The Morgan fingerprint density at radius 2 is 1.35 bits per heavy atom. The Bertz CT molecular complexity index is 410. The summed E-state index contributed by atoms with van der Waals surface area (Å²) in [7, 11) is 0. The largest absolute Gasteiger partial charge is 0.369 e. The van der Waals surface area contributed by atoms with Crippen molar-refractivity contribution >= 4 is 21.6 Å². The van der Waals surface area contributed by atoms with Gasteiger partial charge in [-0.1, -0.05) is 67.8 Å². The standard InChI is InChI=1S/C20H33BrN2/c1-2-3-4-5-6-7-8-9-14-22-15-17-23(18-16-22)20-12-10-19(21)11-13-20/h10-13H,2-9,14-18H2,1H3. The van der Waals surface area contributed by atoms with Crippen LogP contribution in [-0.4, -0.2) is 37.6 Å². The molecule has 0 bridgehead atoms. The molecule has 2 rings (SSSR count). The van der Waals surface area contributed by atoms with Gasteiger partial charge in [-0.05, 0) is 37.2 Å². The second-order valence-electron chi connectivity index (χ2n) is 6.78. The summed E-state index contributed by atoms with van der Waals surface area (Å²) in [5, 5.41) is 0. The number of hydrogen-bond acceptors (Lipinski definition) is 2. The molecule has 1 heterocycles. The first-order valence-electron chi connectivity index (χ1n) is 9.52. The predicted octanol–water partition coefficient (Wildman–Crippen LogP) is 5.71. The smallest absolute Gasteiger partial charge is 0.0367 e. The molecule has 0 atom stereocenters. The van der Waals surface area contributed by atoms with Crippen LogP contribution in [0.1, 0.15) is 58.3 Å². The lowest BCUT2D eigenvalue weighted by Gasteiger charge is -2.36. The maximum absolute atomic E-state index is 3.51. The van der Waals surface area contributed by atoms with E-state index in [0.29, 0.717) is 0 Å². The monoisotopic (exact) mass is 380 g/mol. The minimum Gasteiger partial charge on any atom is -0.369 e. The number of nitrogens with zero attached hydrogens (tertiary/aromatic N) is 2. The number of benzene rings is 1. The maximum atomic E-state index is 3.51. The number of anilines is 1. The van der Waals surface area contributed by atoms with Crippen LogP contribution in [0.5, 0.6) is 0 Å². The number of piperazine rings is 1. The molecule has 0 N–H and O–H groups in total. The highest BCUT2D eigenvalue weighted by atomic mass is 79.9. The Hall–Kier alpha value is -0.540. The molecule has 1 saturated heterocycles. The first-order valence-corrected chi connectivity index (χ1v) is 10.3. The highest BCUT2D eigenvalue weighted by Gasteiger charge is 2.16. The summed E-state index contributed by atoms with van der Waals surface area (Å²) < 4.78 is 1.16. The van der Waals surface area contributed by atoms with E-state index in [1.807, 2.05) is 0 Å². The third-order valence-corrected chi connectivity index (χ3v) is 5.42. The van der Waals surface area contributed by atoms with Crippen LogP contribution in [-0.2, 0) is 0 Å². The zero-order valence-electron chi connectivity index (χ0n) is 14.8. The van der Waals surface area contributed by atoms with Crippen molar-refractivity contribution in [3.8, 4) is 0 Å². The van der Waals surface area contributed by atoms with E-state index in [1.54, 1.807) is 0 Å². The topological polar surface area (TPSA) is 6.48 Å². The zero-order valence-corrected chi connectivity index (χ0v) is 16.4. The zero-order chi connectivity index (χ0) is 16.3. The minimum atomic E-state index is 1.16. The van der Waals surface area contributed by atoms with Crippen molar-refractivity contribution in [2.45, 2.75) is 58.3 Å². The number of hydrogen-bond donors (Lipinski definition) is 0. The summed E-state index contributed by atoms with van der Waals surface area (Å²) in [4.78, 5) is 5.16. The number of halogens is 1. The molecule has 1 aliphatic heterocycles. The van der Waals surface area contributed by atoms with Crippen LogP contribution in [0, 0.1) is 0 Å². The Kier molecular flexibility index (Phi) is 9.06. The SMILES string of the molecule is CCCCCCCCCCN1CCN(c2ccc(Br)cc2)CC1. The van der Waals surface area contributed by atoms with Crippen molar-refractivity contribution in [2.24, 2.45) is 0 Å². The second-order valence-corrected chi connectivity index (χ2v) is 7.70. The summed E-state index contributed by atoms with van der Waals surface area (Å²) in [5.74, 6) is 0. The van der Waals surface area contributed by atoms with Gasteiger partial charge in [-0.3, -0.25) is 4.90 Å². The van der Waals surface area contributed by atoms with Crippen LogP contribution in [0.3, 0.4) is 0 Å². The van der Waals surface area contributed by atoms with Gasteiger partial charge in [0, 0.05) is 36.3 Å². The summed E-state index contributed by atoms with van der Waals surface area (Å²) in [6, 6.07) is 8.72. The molecule has 0 saturated carbocycles. The van der Waals surface area contributed by atoms with Gasteiger partial charge in [-0.2, -0.15) is 0 Å². The first-order chi connectivity index (χ1) is 11.3. The van der Waals surface area contributed by atoms with Gasteiger partial charge in [0.1, 0.15) is 0 Å². The van der Waals surface area contributed by atoms with E-state index in [9.17, 15) is 0 Å². The van der Waals surface area contributed by atoms with E-state index < -0.39 is 0 Å². The fourth-order valence-corrected chi connectivity index (χ4v) is 3.62. The fraction of sp³-hybridized carbons (Fsp3) is 0.700. The lowest BCUT2D eigenvalue weighted by atomic mass is 10.1. The van der Waals surface area contributed by atoms with Crippen LogP contribution >= 0.6 is 15.9 Å². The third-order valence-electron chi connectivity index (χ3n) is 4.89. The van der Waals surface area contributed by atoms with Gasteiger partial charge in [-0.15, -0.1) is 0 Å². The average molecular weight is 381 g/mol. The van der Waals surface area contributed by atoms with Gasteiger partial charge in [0.15, 0.2) is 0 Å². The van der Waals surface area contributed by atoms with E-state index in [0.717, 1.165) is 4.47 Å². The summed E-state index contributed by atoms with van der Waals surface area (Å²) in [6.07, 6.45) is 11.3. The van der Waals surface area contributed by atoms with Crippen molar-refractivity contribution < 1.29 is 0 Å². The quantitative estimate of drug-likeness (QED) is 0.479. The maximum Gasteiger partial charge on any atom is 0.0367 e. The van der Waals surface area contributed by atoms with Gasteiger partial charge in [0.2, 0.25) is 0 Å². The molecule has 0 unspecified atom stereocenters. The molecule has 3 heteroatoms. The average Bonchev–Trinajstić information content (AvgIpc) is 2.59. The fourth-order valence-electron chi connectivity index (χ4n) is 3.35. The second kappa shape index (κ2) is 11.1. The van der Waals surface area contributed by atoms with Crippen molar-refractivity contribution in [3.63, 3.8) is 0 Å². The van der Waals surface area contributed by atoms with E-state index in [4.69, 9.17) is 0 Å². The summed E-state index contributed by atoms with van der Waals surface area (Å²) in [5.41, 5.74) is 1.36. The highest BCUT2D eigenvalue weighted by molar-refractivity contribution is 9.10. The van der Waals surface area contributed by atoms with E-state index in [2.05, 4.69) is 56.9 Å². The molecule has 1 fully saturated rings. The van der Waals surface area contributed by atoms with Crippen LogP contribution in [0.25, 0.3) is 0 Å². The van der Waals surface area contributed by atoms with E-state index in [1.165, 1.54) is 89.8 Å². The molecule has 0 spiro atoms. The van der Waals surface area contributed by atoms with Crippen LogP contribution in [0.2, 0.25) is 0 Å². The summed E-state index contributed by atoms with van der Waals surface area (Å²) >= 11 is 3.51. The van der Waals surface area contributed by atoms with Crippen molar-refractivity contribution in [2.75, 3.05) is 37.6 Å². The van der Waals surface area contributed by atoms with Crippen molar-refractivity contribution in [3.05, 3.63) is 28.7 Å². The predicted molar refractivity (Wildman–Crippen MR) is 105 cm³/mol. The number of unbranched alkanes of at least 4 members (excludes halogenated alkanes) is 7. The molecule has 1 aromatic carbocycles. The van der Waals surface area contributed by atoms with Crippen LogP contribution in [0.4, 0.5) is 5.69 Å². The lowest BCUT2D eigenvalue weighted by Crippen LogP contribution is -2.46. The molecule has 0 radical (unpaired) electrons. The number of rotatable bonds is 10. The Morgan fingerprint density at radius 3 is 1.96 bits per heavy atom. The van der Waals surface area contributed by atoms with Gasteiger partial charge >= 0.3 is 0 Å². The Labute approximate surface area is 151 Å². The van der Waals surface area contributed by atoms with Crippen LogP contribution < -0.4 is 4.90 Å². The molecule has 0 aromatic heterocycles. The molecule has 130 valence electrons.